The Hall–Kier alpha value is -2.54. The molecule has 0 radical (unpaired) electrons. The molecular weight excluding hydrogens is 318 g/mol. The van der Waals surface area contributed by atoms with Crippen molar-refractivity contribution in [3.8, 4) is 11.5 Å². The first kappa shape index (κ1) is 16.8. The summed E-state index contributed by atoms with van der Waals surface area (Å²) in [5, 5.41) is 0. The van der Waals surface area contributed by atoms with Crippen molar-refractivity contribution in [1.82, 2.24) is 4.72 Å². The molecule has 0 fully saturated rings. The summed E-state index contributed by atoms with van der Waals surface area (Å²) >= 11 is 0. The Morgan fingerprint density at radius 2 is 1.57 bits per heavy atom. The molecule has 0 aliphatic rings. The van der Waals surface area contributed by atoms with E-state index in [1.54, 1.807) is 19.2 Å². The van der Waals surface area contributed by atoms with Crippen molar-refractivity contribution in [3.63, 3.8) is 0 Å². The third-order valence-electron chi connectivity index (χ3n) is 2.96. The molecule has 0 aliphatic heterocycles. The van der Waals surface area contributed by atoms with Gasteiger partial charge >= 0.3 is 0 Å². The maximum absolute atomic E-state index is 11.7. The lowest BCUT2D eigenvalue weighted by atomic mass is 10.2. The maximum Gasteiger partial charge on any atom is 0.264 e. The fourth-order valence-corrected chi connectivity index (χ4v) is 2.27. The van der Waals surface area contributed by atoms with Crippen molar-refractivity contribution in [1.29, 1.82) is 0 Å². The molecule has 0 aromatic heterocycles. The summed E-state index contributed by atoms with van der Waals surface area (Å²) in [5.74, 6) is 0.681. The van der Waals surface area contributed by atoms with Crippen LogP contribution in [0.3, 0.4) is 0 Å². The molecule has 0 saturated heterocycles. The molecule has 7 heteroatoms. The third-order valence-corrected chi connectivity index (χ3v) is 3.52. The van der Waals surface area contributed by atoms with Crippen molar-refractivity contribution in [2.45, 2.75) is 6.61 Å². The number of amides is 1. The molecule has 0 spiro atoms. The number of hydrogen-bond donors (Lipinski definition) is 1. The van der Waals surface area contributed by atoms with Crippen molar-refractivity contribution in [3.05, 3.63) is 59.7 Å². The lowest BCUT2D eigenvalue weighted by molar-refractivity contribution is 0.0981. The average molecular weight is 335 g/mol. The number of sulfonamides is 1. The van der Waals surface area contributed by atoms with E-state index >= 15 is 0 Å². The van der Waals surface area contributed by atoms with E-state index in [1.807, 2.05) is 29.0 Å². The van der Waals surface area contributed by atoms with Crippen molar-refractivity contribution >= 4 is 15.9 Å². The minimum Gasteiger partial charge on any atom is -0.497 e. The highest BCUT2D eigenvalue weighted by Gasteiger charge is 2.10. The average Bonchev–Trinajstić information content (AvgIpc) is 2.52. The van der Waals surface area contributed by atoms with Gasteiger partial charge in [-0.1, -0.05) is 12.1 Å². The van der Waals surface area contributed by atoms with E-state index in [4.69, 9.17) is 9.47 Å². The van der Waals surface area contributed by atoms with Crippen LogP contribution in [-0.2, 0) is 16.6 Å². The van der Waals surface area contributed by atoms with Gasteiger partial charge in [-0.25, -0.2) is 13.1 Å². The molecule has 0 atom stereocenters. The van der Waals surface area contributed by atoms with E-state index in [9.17, 15) is 13.2 Å². The van der Waals surface area contributed by atoms with Crippen LogP contribution in [0.25, 0.3) is 0 Å². The number of carbonyl (C=O) groups is 1. The Balaban J connectivity index is 1.95. The number of ether oxygens (including phenoxy) is 2. The summed E-state index contributed by atoms with van der Waals surface area (Å²) < 4.78 is 34.6. The number of benzene rings is 2. The van der Waals surface area contributed by atoms with Crippen molar-refractivity contribution in [2.75, 3.05) is 13.4 Å². The monoisotopic (exact) mass is 335 g/mol. The SMILES string of the molecule is COc1ccc(COc2ccc(C(=O)NS(C)(=O)=O)cc2)cc1. The number of rotatable bonds is 6. The second-order valence-electron chi connectivity index (χ2n) is 4.86. The second kappa shape index (κ2) is 7.15. The highest BCUT2D eigenvalue weighted by atomic mass is 32.2. The predicted molar refractivity (Wildman–Crippen MR) is 86.1 cm³/mol. The second-order valence-corrected chi connectivity index (χ2v) is 6.61. The summed E-state index contributed by atoms with van der Waals surface area (Å²) in [6.07, 6.45) is 0.928. The van der Waals surface area contributed by atoms with Crippen LogP contribution in [0.1, 0.15) is 15.9 Å². The van der Waals surface area contributed by atoms with Gasteiger partial charge in [0.25, 0.3) is 5.91 Å². The molecule has 0 aliphatic carbocycles. The van der Waals surface area contributed by atoms with Crippen LogP contribution in [0, 0.1) is 0 Å². The summed E-state index contributed by atoms with van der Waals surface area (Å²) in [4.78, 5) is 11.7. The van der Waals surface area contributed by atoms with Gasteiger partial charge in [0, 0.05) is 5.56 Å². The first-order valence-electron chi connectivity index (χ1n) is 6.75. The number of carbonyl (C=O) groups excluding carboxylic acids is 1. The highest BCUT2D eigenvalue weighted by molar-refractivity contribution is 7.89. The molecule has 122 valence electrons. The standard InChI is InChI=1S/C16H17NO5S/c1-21-14-7-3-12(4-8-14)11-22-15-9-5-13(6-10-15)16(18)17-23(2,19)20/h3-10H,11H2,1-2H3,(H,17,18). The van der Waals surface area contributed by atoms with Crippen LogP contribution in [0.4, 0.5) is 0 Å². The van der Waals surface area contributed by atoms with Gasteiger partial charge in [0.15, 0.2) is 0 Å². The zero-order valence-electron chi connectivity index (χ0n) is 12.8. The maximum atomic E-state index is 11.7. The van der Waals surface area contributed by atoms with Crippen LogP contribution in [-0.4, -0.2) is 27.7 Å². The van der Waals surface area contributed by atoms with E-state index in [2.05, 4.69) is 0 Å². The molecule has 2 aromatic carbocycles. The van der Waals surface area contributed by atoms with Gasteiger partial charge in [0.1, 0.15) is 18.1 Å². The first-order valence-corrected chi connectivity index (χ1v) is 8.64. The van der Waals surface area contributed by atoms with Crippen LogP contribution < -0.4 is 14.2 Å². The van der Waals surface area contributed by atoms with E-state index in [0.29, 0.717) is 12.4 Å². The van der Waals surface area contributed by atoms with Crippen LogP contribution >= 0.6 is 0 Å². The van der Waals surface area contributed by atoms with Gasteiger partial charge in [0.05, 0.1) is 13.4 Å². The summed E-state index contributed by atoms with van der Waals surface area (Å²) in [6, 6.07) is 13.7. The number of hydrogen-bond acceptors (Lipinski definition) is 5. The van der Waals surface area contributed by atoms with Crippen LogP contribution in [0.15, 0.2) is 48.5 Å². The highest BCUT2D eigenvalue weighted by Crippen LogP contribution is 2.16. The molecule has 1 N–H and O–H groups in total. The third kappa shape index (κ3) is 5.30. The molecular formula is C16H17NO5S. The van der Waals surface area contributed by atoms with E-state index in [1.165, 1.54) is 12.1 Å². The lowest BCUT2D eigenvalue weighted by Gasteiger charge is -2.08. The molecule has 0 heterocycles. The first-order chi connectivity index (χ1) is 10.9. The molecule has 0 unspecified atom stereocenters. The molecule has 6 nitrogen and oxygen atoms in total. The van der Waals surface area contributed by atoms with Gasteiger partial charge in [0.2, 0.25) is 10.0 Å². The molecule has 0 saturated carbocycles. The fraction of sp³-hybridized carbons (Fsp3) is 0.188. The van der Waals surface area contributed by atoms with E-state index in [-0.39, 0.29) is 5.56 Å². The Kier molecular flexibility index (Phi) is 5.23. The zero-order valence-corrected chi connectivity index (χ0v) is 13.6. The topological polar surface area (TPSA) is 81.7 Å². The van der Waals surface area contributed by atoms with E-state index < -0.39 is 15.9 Å². The minimum absolute atomic E-state index is 0.243. The summed E-state index contributed by atoms with van der Waals surface area (Å²) in [5.41, 5.74) is 1.22. The normalized spacial score (nSPS) is 10.9. The Bertz CT molecular complexity index is 767. The van der Waals surface area contributed by atoms with Crippen LogP contribution in [0.2, 0.25) is 0 Å². The molecule has 1 amide bonds. The number of methoxy groups -OCH3 is 1. The predicted octanol–water partition coefficient (Wildman–Crippen LogP) is 1.96. The summed E-state index contributed by atoms with van der Waals surface area (Å²) in [6.45, 7) is 0.374. The fourth-order valence-electron chi connectivity index (χ4n) is 1.82. The van der Waals surface area contributed by atoms with Gasteiger partial charge in [-0.05, 0) is 42.0 Å². The van der Waals surface area contributed by atoms with E-state index in [0.717, 1.165) is 17.6 Å². The summed E-state index contributed by atoms with van der Waals surface area (Å²) in [7, 11) is -1.97. The van der Waals surface area contributed by atoms with Crippen molar-refractivity contribution < 1.29 is 22.7 Å². The Morgan fingerprint density at radius 3 is 2.09 bits per heavy atom. The Morgan fingerprint density at radius 1 is 1.00 bits per heavy atom. The molecule has 2 rings (SSSR count). The lowest BCUT2D eigenvalue weighted by Crippen LogP contribution is -2.29. The largest absolute Gasteiger partial charge is 0.497 e. The molecule has 2 aromatic rings. The van der Waals surface area contributed by atoms with Gasteiger partial charge < -0.3 is 9.47 Å². The van der Waals surface area contributed by atoms with Gasteiger partial charge in [-0.15, -0.1) is 0 Å². The van der Waals surface area contributed by atoms with Gasteiger partial charge in [-0.2, -0.15) is 0 Å². The quantitative estimate of drug-likeness (QED) is 0.873. The zero-order chi connectivity index (χ0) is 16.9. The Labute approximate surface area is 135 Å². The molecule has 0 bridgehead atoms. The van der Waals surface area contributed by atoms with Crippen LogP contribution in [0.5, 0.6) is 11.5 Å². The number of nitrogens with one attached hydrogen (secondary N) is 1. The smallest absolute Gasteiger partial charge is 0.264 e. The van der Waals surface area contributed by atoms with Gasteiger partial charge in [-0.3, -0.25) is 4.79 Å². The molecule has 23 heavy (non-hydrogen) atoms. The minimum atomic E-state index is -3.57. The van der Waals surface area contributed by atoms with Crippen molar-refractivity contribution in [2.24, 2.45) is 0 Å².